The number of hydrogen-bond donors (Lipinski definition) is 1. The molecule has 1 N–H and O–H groups in total. The van der Waals surface area contributed by atoms with Crippen LogP contribution in [0.4, 0.5) is 10.1 Å². The Morgan fingerprint density at radius 1 is 0.875 bits per heavy atom. The summed E-state index contributed by atoms with van der Waals surface area (Å²) in [5.41, 5.74) is 3.11. The first-order valence-corrected chi connectivity index (χ1v) is 8.44. The minimum Gasteiger partial charge on any atom is -0.489 e. The number of hydrogen-bond acceptors (Lipinski definition) is 2. The molecule has 0 saturated carbocycles. The van der Waals surface area contributed by atoms with Crippen molar-refractivity contribution in [2.75, 3.05) is 5.32 Å². The highest BCUT2D eigenvalue weighted by Gasteiger charge is 2.00. The summed E-state index contributed by atoms with van der Waals surface area (Å²) in [6.45, 7) is 1.18. The summed E-state index contributed by atoms with van der Waals surface area (Å²) in [6, 6.07) is 22.4. The molecule has 0 atom stereocenters. The lowest BCUT2D eigenvalue weighted by molar-refractivity contribution is 0.306. The Labute approximate surface area is 149 Å². The molecule has 0 spiro atoms. The van der Waals surface area contributed by atoms with Gasteiger partial charge in [0, 0.05) is 16.7 Å². The van der Waals surface area contributed by atoms with Crippen molar-refractivity contribution in [2.45, 2.75) is 13.2 Å². The van der Waals surface area contributed by atoms with Crippen molar-refractivity contribution in [3.05, 3.63) is 94.2 Å². The third kappa shape index (κ3) is 4.83. The second-order valence-electron chi connectivity index (χ2n) is 5.42. The summed E-state index contributed by atoms with van der Waals surface area (Å²) < 4.78 is 19.8. The van der Waals surface area contributed by atoms with E-state index in [9.17, 15) is 4.39 Å². The second-order valence-corrected chi connectivity index (χ2v) is 6.34. The quantitative estimate of drug-likeness (QED) is 0.580. The van der Waals surface area contributed by atoms with Gasteiger partial charge in [-0.15, -0.1) is 0 Å². The van der Waals surface area contributed by atoms with Crippen molar-refractivity contribution in [3.8, 4) is 5.75 Å². The normalized spacial score (nSPS) is 10.4. The van der Waals surface area contributed by atoms with E-state index in [4.69, 9.17) is 4.74 Å². The average molecular weight is 386 g/mol. The van der Waals surface area contributed by atoms with Gasteiger partial charge < -0.3 is 10.1 Å². The van der Waals surface area contributed by atoms with E-state index in [1.165, 1.54) is 12.1 Å². The van der Waals surface area contributed by atoms with Crippen LogP contribution in [0.3, 0.4) is 0 Å². The van der Waals surface area contributed by atoms with Gasteiger partial charge in [0.05, 0.1) is 0 Å². The van der Waals surface area contributed by atoms with Gasteiger partial charge in [0.25, 0.3) is 0 Å². The maximum absolute atomic E-state index is 12.9. The monoisotopic (exact) mass is 385 g/mol. The van der Waals surface area contributed by atoms with Gasteiger partial charge in [-0.3, -0.25) is 0 Å². The zero-order chi connectivity index (χ0) is 16.8. The van der Waals surface area contributed by atoms with Crippen molar-refractivity contribution in [3.63, 3.8) is 0 Å². The number of benzene rings is 3. The van der Waals surface area contributed by atoms with E-state index in [2.05, 4.69) is 21.2 Å². The van der Waals surface area contributed by atoms with Crippen molar-refractivity contribution < 1.29 is 9.13 Å². The van der Waals surface area contributed by atoms with Crippen LogP contribution in [0.25, 0.3) is 0 Å². The van der Waals surface area contributed by atoms with Crippen molar-refractivity contribution in [1.82, 2.24) is 0 Å². The third-order valence-electron chi connectivity index (χ3n) is 3.56. The largest absolute Gasteiger partial charge is 0.489 e. The highest BCUT2D eigenvalue weighted by Crippen LogP contribution is 2.18. The molecule has 3 aromatic carbocycles. The van der Waals surface area contributed by atoms with Gasteiger partial charge in [-0.05, 0) is 59.7 Å². The second kappa shape index (κ2) is 7.97. The molecule has 0 bridgehead atoms. The van der Waals surface area contributed by atoms with Gasteiger partial charge >= 0.3 is 0 Å². The van der Waals surface area contributed by atoms with E-state index < -0.39 is 0 Å². The van der Waals surface area contributed by atoms with Crippen LogP contribution >= 0.6 is 15.9 Å². The number of anilines is 1. The fourth-order valence-corrected chi connectivity index (χ4v) is 2.53. The molecule has 0 heterocycles. The first kappa shape index (κ1) is 16.5. The van der Waals surface area contributed by atoms with E-state index in [-0.39, 0.29) is 5.82 Å². The van der Waals surface area contributed by atoms with Crippen LogP contribution in [0.5, 0.6) is 5.75 Å². The van der Waals surface area contributed by atoms with Crippen LogP contribution < -0.4 is 10.1 Å². The molecule has 0 aromatic heterocycles. The van der Waals surface area contributed by atoms with Crippen LogP contribution in [0.2, 0.25) is 0 Å². The van der Waals surface area contributed by atoms with E-state index >= 15 is 0 Å². The molecule has 2 nitrogen and oxygen atoms in total. The van der Waals surface area contributed by atoms with E-state index in [0.717, 1.165) is 27.0 Å². The summed E-state index contributed by atoms with van der Waals surface area (Å²) in [7, 11) is 0. The van der Waals surface area contributed by atoms with Gasteiger partial charge in [-0.2, -0.15) is 0 Å². The molecule has 0 aliphatic carbocycles. The average Bonchev–Trinajstić information content (AvgIpc) is 2.61. The Morgan fingerprint density at radius 3 is 2.38 bits per heavy atom. The fraction of sp³-hybridized carbons (Fsp3) is 0.100. The Kier molecular flexibility index (Phi) is 5.49. The summed E-state index contributed by atoms with van der Waals surface area (Å²) >= 11 is 3.42. The zero-order valence-electron chi connectivity index (χ0n) is 13.0. The van der Waals surface area contributed by atoms with E-state index in [1.54, 1.807) is 12.1 Å². The Bertz CT molecular complexity index is 723. The van der Waals surface area contributed by atoms with Gasteiger partial charge in [-0.25, -0.2) is 4.39 Å². The molecule has 3 aromatic rings. The van der Waals surface area contributed by atoms with Gasteiger partial charge in [0.1, 0.15) is 18.2 Å². The van der Waals surface area contributed by atoms with Gasteiger partial charge in [0.15, 0.2) is 0 Å². The maximum atomic E-state index is 12.9. The molecule has 0 aliphatic rings. The van der Waals surface area contributed by atoms with Gasteiger partial charge in [0.2, 0.25) is 0 Å². The standard InChI is InChI=1S/C20H17BrFNO/c21-17-6-4-15(5-7-17)14-24-20-3-1-2-16(12-20)13-23-19-10-8-18(22)9-11-19/h1-12,23H,13-14H2. The molecule has 122 valence electrons. The minimum absolute atomic E-state index is 0.233. The molecule has 0 radical (unpaired) electrons. The lowest BCUT2D eigenvalue weighted by Crippen LogP contribution is -2.00. The number of rotatable bonds is 6. The third-order valence-corrected chi connectivity index (χ3v) is 4.09. The van der Waals surface area contributed by atoms with Crippen LogP contribution in [0, 0.1) is 5.82 Å². The molecule has 0 unspecified atom stereocenters. The first-order chi connectivity index (χ1) is 11.7. The maximum Gasteiger partial charge on any atom is 0.123 e. The SMILES string of the molecule is Fc1ccc(NCc2cccc(OCc3ccc(Br)cc3)c2)cc1. The predicted molar refractivity (Wildman–Crippen MR) is 98.6 cm³/mol. The van der Waals surface area contributed by atoms with Crippen LogP contribution in [-0.4, -0.2) is 0 Å². The molecular formula is C20H17BrFNO. The Morgan fingerprint density at radius 2 is 1.62 bits per heavy atom. The van der Waals surface area contributed by atoms with Crippen LogP contribution in [-0.2, 0) is 13.2 Å². The summed E-state index contributed by atoms with van der Waals surface area (Å²) in [4.78, 5) is 0. The Balaban J connectivity index is 1.57. The number of ether oxygens (including phenoxy) is 1. The van der Waals surface area contributed by atoms with Crippen molar-refractivity contribution in [2.24, 2.45) is 0 Å². The summed E-state index contributed by atoms with van der Waals surface area (Å²) in [5, 5.41) is 3.27. The molecule has 0 saturated heterocycles. The van der Waals surface area contributed by atoms with Gasteiger partial charge in [-0.1, -0.05) is 40.2 Å². The predicted octanol–water partition coefficient (Wildman–Crippen LogP) is 5.78. The smallest absolute Gasteiger partial charge is 0.123 e. The molecular weight excluding hydrogens is 369 g/mol. The summed E-state index contributed by atoms with van der Waals surface area (Å²) in [6.07, 6.45) is 0. The number of halogens is 2. The lowest BCUT2D eigenvalue weighted by Gasteiger charge is -2.10. The zero-order valence-corrected chi connectivity index (χ0v) is 14.6. The van der Waals surface area contributed by atoms with Crippen molar-refractivity contribution >= 4 is 21.6 Å². The fourth-order valence-electron chi connectivity index (χ4n) is 2.26. The Hall–Kier alpha value is -2.33. The first-order valence-electron chi connectivity index (χ1n) is 7.65. The molecule has 3 rings (SSSR count). The topological polar surface area (TPSA) is 21.3 Å². The molecule has 4 heteroatoms. The van der Waals surface area contributed by atoms with Crippen LogP contribution in [0.1, 0.15) is 11.1 Å². The number of nitrogens with one attached hydrogen (secondary N) is 1. The molecule has 0 fully saturated rings. The van der Waals surface area contributed by atoms with E-state index in [0.29, 0.717) is 13.2 Å². The molecule has 0 aliphatic heterocycles. The van der Waals surface area contributed by atoms with Crippen LogP contribution in [0.15, 0.2) is 77.3 Å². The van der Waals surface area contributed by atoms with Crippen molar-refractivity contribution in [1.29, 1.82) is 0 Å². The molecule has 0 amide bonds. The van der Waals surface area contributed by atoms with E-state index in [1.807, 2.05) is 48.5 Å². The minimum atomic E-state index is -0.233. The highest BCUT2D eigenvalue weighted by molar-refractivity contribution is 9.10. The lowest BCUT2D eigenvalue weighted by atomic mass is 10.2. The highest BCUT2D eigenvalue weighted by atomic mass is 79.9. The molecule has 24 heavy (non-hydrogen) atoms. The summed E-state index contributed by atoms with van der Waals surface area (Å²) in [5.74, 6) is 0.597.